The van der Waals surface area contributed by atoms with Gasteiger partial charge in [0.1, 0.15) is 35.1 Å². The van der Waals surface area contributed by atoms with Gasteiger partial charge >= 0.3 is 0 Å². The second kappa shape index (κ2) is 10.9. The molecule has 0 fully saturated rings. The number of amides is 1. The van der Waals surface area contributed by atoms with Gasteiger partial charge in [0.25, 0.3) is 0 Å². The van der Waals surface area contributed by atoms with Gasteiger partial charge in [-0.05, 0) is 68.1 Å². The molecule has 3 N–H and O–H groups in total. The van der Waals surface area contributed by atoms with Crippen molar-refractivity contribution >= 4 is 51.5 Å². The molecule has 184 valence electrons. The third kappa shape index (κ3) is 6.69. The first-order chi connectivity index (χ1) is 16.1. The third-order valence-corrected chi connectivity index (χ3v) is 7.20. The first-order valence-corrected chi connectivity index (χ1v) is 12.0. The zero-order valence-electron chi connectivity index (χ0n) is 22.6. The summed E-state index contributed by atoms with van der Waals surface area (Å²) in [5.41, 5.74) is 4.45. The van der Waals surface area contributed by atoms with E-state index in [1.165, 1.54) is 19.5 Å². The average molecular weight is 475 g/mol. The molecule has 2 rings (SSSR count). The predicted molar refractivity (Wildman–Crippen MR) is 153 cm³/mol. The molecule has 0 saturated carbocycles. The average Bonchev–Trinajstić information content (AvgIpc) is 2.77. The van der Waals surface area contributed by atoms with Gasteiger partial charge in [-0.3, -0.25) is 4.79 Å². The highest BCUT2D eigenvalue weighted by Crippen LogP contribution is 2.45. The van der Waals surface area contributed by atoms with Gasteiger partial charge < -0.3 is 15.5 Å². The van der Waals surface area contributed by atoms with Crippen molar-refractivity contribution < 1.29 is 19.4 Å². The van der Waals surface area contributed by atoms with Crippen LogP contribution in [0.2, 0.25) is 0 Å². The number of carbonyl (C=O) groups excluding carboxylic acids is 1. The molecule has 1 aromatic rings. The molecule has 0 spiro atoms. The van der Waals surface area contributed by atoms with E-state index in [1.54, 1.807) is 15.7 Å². The Labute approximate surface area is 212 Å². The van der Waals surface area contributed by atoms with Crippen LogP contribution in [0.4, 0.5) is 10.1 Å². The Kier molecular flexibility index (Phi) is 8.88. The number of aromatic hydroxyl groups is 1. The highest BCUT2D eigenvalue weighted by Gasteiger charge is 2.37. The van der Waals surface area contributed by atoms with Crippen molar-refractivity contribution in [2.24, 2.45) is 5.41 Å². The van der Waals surface area contributed by atoms with Crippen LogP contribution in [0.15, 0.2) is 58.7 Å². The van der Waals surface area contributed by atoms with Crippen molar-refractivity contribution in [2.45, 2.75) is 60.0 Å². The minimum absolute atomic E-state index is 0.0139. The van der Waals surface area contributed by atoms with Gasteiger partial charge in [0.05, 0.1) is 11.3 Å². The molecule has 0 bridgehead atoms. The smallest absolute Gasteiger partial charge is 0.248 e. The number of benzene rings is 1. The number of carbonyl (C=O) groups is 1. The molecule has 0 saturated heterocycles. The number of hydrogen-bond acceptors (Lipinski definition) is 3. The molecule has 0 radical (unpaired) electrons. The summed E-state index contributed by atoms with van der Waals surface area (Å²) in [6.45, 7) is 12.1. The van der Waals surface area contributed by atoms with Gasteiger partial charge in [-0.1, -0.05) is 60.7 Å². The fourth-order valence-electron chi connectivity index (χ4n) is 4.32. The Balaban J connectivity index is 2.13. The van der Waals surface area contributed by atoms with Gasteiger partial charge in [0.15, 0.2) is 0 Å². The number of phenolic OH excluding ortho intramolecular Hbond substituents is 1. The monoisotopic (exact) mass is 475 g/mol. The zero-order chi connectivity index (χ0) is 26.7. The van der Waals surface area contributed by atoms with E-state index in [0.717, 1.165) is 29.6 Å². The van der Waals surface area contributed by atoms with Gasteiger partial charge in [0.2, 0.25) is 5.91 Å². The number of rotatable bonds is 6. The summed E-state index contributed by atoms with van der Waals surface area (Å²) in [5, 5.41) is 23.6. The Bertz CT molecular complexity index is 1150. The molecule has 8 heteroatoms. The summed E-state index contributed by atoms with van der Waals surface area (Å²) in [4.78, 5) is 12.5. The molecule has 4 nitrogen and oxygen atoms in total. The minimum atomic E-state index is -0.768. The molecule has 1 amide bonds. The third-order valence-electron chi connectivity index (χ3n) is 7.20. The maximum absolute atomic E-state index is 14.1. The fraction of sp³-hybridized carbons (Fsp3) is 0.370. The van der Waals surface area contributed by atoms with Crippen molar-refractivity contribution in [1.29, 1.82) is 0 Å². The van der Waals surface area contributed by atoms with Gasteiger partial charge in [-0.2, -0.15) is 0 Å². The lowest BCUT2D eigenvalue weighted by Crippen LogP contribution is -2.38. The van der Waals surface area contributed by atoms with Crippen molar-refractivity contribution in [2.75, 3.05) is 5.32 Å². The lowest BCUT2D eigenvalue weighted by Gasteiger charge is -2.40. The molecule has 1 aliphatic carbocycles. The van der Waals surface area contributed by atoms with E-state index >= 15 is 0 Å². The fourth-order valence-corrected chi connectivity index (χ4v) is 4.32. The van der Waals surface area contributed by atoms with Crippen molar-refractivity contribution in [3.8, 4) is 5.75 Å². The van der Waals surface area contributed by atoms with E-state index in [4.69, 9.17) is 0 Å². The van der Waals surface area contributed by atoms with Crippen LogP contribution in [0.3, 0.4) is 0 Å². The number of aliphatic hydroxyl groups is 1. The summed E-state index contributed by atoms with van der Waals surface area (Å²) >= 11 is 0. The quantitative estimate of drug-likeness (QED) is 0.251. The number of hydrogen-bond donors (Lipinski definition) is 3. The maximum Gasteiger partial charge on any atom is 0.248 e. The van der Waals surface area contributed by atoms with Crippen LogP contribution in [-0.2, 0) is 4.79 Å². The van der Waals surface area contributed by atoms with Gasteiger partial charge in [0, 0.05) is 6.08 Å². The topological polar surface area (TPSA) is 69.6 Å². The minimum Gasteiger partial charge on any atom is -0.506 e. The number of phenols is 1. The molecule has 1 aromatic carbocycles. The predicted octanol–water partition coefficient (Wildman–Crippen LogP) is 1.14. The normalized spacial score (nSPS) is 21.3. The van der Waals surface area contributed by atoms with Crippen LogP contribution in [-0.4, -0.2) is 45.3 Å². The number of allylic oxidation sites excluding steroid dienone is 8. The summed E-state index contributed by atoms with van der Waals surface area (Å²) < 4.78 is 14.1. The van der Waals surface area contributed by atoms with Crippen LogP contribution in [0.5, 0.6) is 5.75 Å². The molecular formula is C27H37B3FNO3. The standard InChI is InChI=1S/C27H37B3FNO3/c1-15(10-11-18-17(3)27(6,35)13-12-26(18,4)5)8-7-9-16(2)14-19(33)32-24-21(29)20(28)23(31)22(30)25(24)34/h7-11,14,34-35H,12-13,28-30H2,1-6H3,(H,32,33)/b9-7+,11-10+,15-8+,16-14+. The second-order valence-corrected chi connectivity index (χ2v) is 10.6. The Morgan fingerprint density at radius 2 is 1.66 bits per heavy atom. The summed E-state index contributed by atoms with van der Waals surface area (Å²) in [6, 6.07) is 0. The summed E-state index contributed by atoms with van der Waals surface area (Å²) in [5.74, 6) is -1.11. The van der Waals surface area contributed by atoms with Crippen LogP contribution in [0, 0.1) is 11.2 Å². The molecule has 0 heterocycles. The Morgan fingerprint density at radius 1 is 1.03 bits per heavy atom. The first kappa shape index (κ1) is 28.5. The van der Waals surface area contributed by atoms with Gasteiger partial charge in [-0.25, -0.2) is 4.39 Å². The van der Waals surface area contributed by atoms with Crippen LogP contribution >= 0.6 is 0 Å². The number of anilines is 1. The second-order valence-electron chi connectivity index (χ2n) is 10.6. The number of halogens is 1. The van der Waals surface area contributed by atoms with E-state index in [2.05, 4.69) is 25.2 Å². The molecular weight excluding hydrogens is 438 g/mol. The molecule has 1 aliphatic rings. The van der Waals surface area contributed by atoms with E-state index in [9.17, 15) is 19.4 Å². The summed E-state index contributed by atoms with van der Waals surface area (Å²) in [6.07, 6.45) is 12.9. The van der Waals surface area contributed by atoms with Gasteiger partial charge in [-0.15, -0.1) is 0 Å². The molecule has 35 heavy (non-hydrogen) atoms. The van der Waals surface area contributed by atoms with Crippen LogP contribution in [0.1, 0.15) is 54.4 Å². The Morgan fingerprint density at radius 3 is 2.29 bits per heavy atom. The van der Waals surface area contributed by atoms with E-state index in [1.807, 2.05) is 52.0 Å². The van der Waals surface area contributed by atoms with Crippen molar-refractivity contribution in [3.05, 3.63) is 64.6 Å². The maximum atomic E-state index is 14.1. The lowest BCUT2D eigenvalue weighted by molar-refractivity contribution is -0.111. The molecule has 1 atom stereocenters. The first-order valence-electron chi connectivity index (χ1n) is 12.0. The van der Waals surface area contributed by atoms with E-state index in [-0.39, 0.29) is 22.3 Å². The van der Waals surface area contributed by atoms with Crippen molar-refractivity contribution in [3.63, 3.8) is 0 Å². The highest BCUT2D eigenvalue weighted by molar-refractivity contribution is 6.53. The van der Waals surface area contributed by atoms with E-state index in [0.29, 0.717) is 10.9 Å². The zero-order valence-corrected chi connectivity index (χ0v) is 22.6. The van der Waals surface area contributed by atoms with Crippen LogP contribution in [0.25, 0.3) is 0 Å². The molecule has 1 unspecified atom stereocenters. The van der Waals surface area contributed by atoms with E-state index < -0.39 is 17.3 Å². The Hall–Kier alpha value is -2.73. The van der Waals surface area contributed by atoms with Crippen LogP contribution < -0.4 is 21.7 Å². The SMILES string of the molecule is Bc1c(B)c(NC(=O)/C=C(C)/C=C/C=C(C)/C=C/C2=C(C)C(C)(O)CCC2(C)C)c(O)c(B)c1F. The highest BCUT2D eigenvalue weighted by atomic mass is 19.1. The summed E-state index contributed by atoms with van der Waals surface area (Å²) in [7, 11) is 4.77. The lowest BCUT2D eigenvalue weighted by atomic mass is 9.67. The number of nitrogens with one attached hydrogen (secondary N) is 1. The molecule has 0 aliphatic heterocycles. The largest absolute Gasteiger partial charge is 0.506 e. The molecule has 0 aromatic heterocycles. The van der Waals surface area contributed by atoms with Crippen molar-refractivity contribution in [1.82, 2.24) is 0 Å².